The standard InChI is InChI=1S/C13H20BrNO4/c1-3-18-13(17)12(10(16)8-14)15-19-11-7-5-4-6-9(11)2/h9,11H,3-8H2,1-2H3/t9-,11+/m0/s1. The van der Waals surface area contributed by atoms with Crippen LogP contribution in [-0.2, 0) is 19.2 Å². The molecule has 0 radical (unpaired) electrons. The Morgan fingerprint density at radius 2 is 2.00 bits per heavy atom. The van der Waals surface area contributed by atoms with Crippen LogP contribution in [-0.4, -0.2) is 35.5 Å². The highest BCUT2D eigenvalue weighted by molar-refractivity contribution is 9.09. The van der Waals surface area contributed by atoms with Gasteiger partial charge in [0.2, 0.25) is 11.5 Å². The summed E-state index contributed by atoms with van der Waals surface area (Å²) in [5, 5.41) is 3.77. The number of rotatable bonds is 6. The van der Waals surface area contributed by atoms with Gasteiger partial charge in [-0.1, -0.05) is 34.4 Å². The van der Waals surface area contributed by atoms with Gasteiger partial charge in [0.15, 0.2) is 0 Å². The van der Waals surface area contributed by atoms with Gasteiger partial charge >= 0.3 is 5.97 Å². The fourth-order valence-electron chi connectivity index (χ4n) is 2.02. The second-order valence-electron chi connectivity index (χ2n) is 4.62. The number of hydrogen-bond acceptors (Lipinski definition) is 5. The Bertz CT molecular complexity index is 357. The van der Waals surface area contributed by atoms with Crippen LogP contribution in [0.1, 0.15) is 39.5 Å². The largest absolute Gasteiger partial charge is 0.461 e. The molecule has 5 nitrogen and oxygen atoms in total. The van der Waals surface area contributed by atoms with Crippen molar-refractivity contribution in [2.24, 2.45) is 11.1 Å². The Morgan fingerprint density at radius 1 is 1.32 bits per heavy atom. The van der Waals surface area contributed by atoms with E-state index in [2.05, 4.69) is 28.0 Å². The molecular weight excluding hydrogens is 314 g/mol. The van der Waals surface area contributed by atoms with E-state index in [4.69, 9.17) is 9.57 Å². The van der Waals surface area contributed by atoms with Crippen molar-refractivity contribution in [2.45, 2.75) is 45.6 Å². The molecule has 6 heteroatoms. The number of alkyl halides is 1. The van der Waals surface area contributed by atoms with E-state index in [0.717, 1.165) is 19.3 Å². The molecule has 0 aliphatic heterocycles. The summed E-state index contributed by atoms with van der Waals surface area (Å²) >= 11 is 3.02. The molecule has 0 spiro atoms. The minimum atomic E-state index is -0.726. The Kier molecular flexibility index (Phi) is 7.05. The number of hydrogen-bond donors (Lipinski definition) is 0. The molecule has 108 valence electrons. The predicted molar refractivity (Wildman–Crippen MR) is 75.4 cm³/mol. The van der Waals surface area contributed by atoms with Gasteiger partial charge in [-0.2, -0.15) is 0 Å². The summed E-state index contributed by atoms with van der Waals surface area (Å²) < 4.78 is 4.80. The third-order valence-electron chi connectivity index (χ3n) is 3.17. The first kappa shape index (κ1) is 16.1. The van der Waals surface area contributed by atoms with Crippen LogP contribution < -0.4 is 0 Å². The quantitative estimate of drug-likeness (QED) is 0.246. The second kappa shape index (κ2) is 8.30. The topological polar surface area (TPSA) is 65.0 Å². The highest BCUT2D eigenvalue weighted by Gasteiger charge is 2.26. The average Bonchev–Trinajstić information content (AvgIpc) is 2.41. The lowest BCUT2D eigenvalue weighted by Gasteiger charge is -2.26. The number of carbonyl (C=O) groups is 2. The van der Waals surface area contributed by atoms with Gasteiger partial charge in [0, 0.05) is 0 Å². The molecule has 0 bridgehead atoms. The monoisotopic (exact) mass is 333 g/mol. The van der Waals surface area contributed by atoms with Crippen molar-refractivity contribution < 1.29 is 19.2 Å². The zero-order valence-corrected chi connectivity index (χ0v) is 12.9. The Labute approximate surface area is 121 Å². The number of oxime groups is 1. The molecule has 0 unspecified atom stereocenters. The fourth-order valence-corrected chi connectivity index (χ4v) is 2.29. The maximum absolute atomic E-state index is 11.6. The van der Waals surface area contributed by atoms with Crippen LogP contribution >= 0.6 is 15.9 Å². The minimum absolute atomic E-state index is 0.0221. The van der Waals surface area contributed by atoms with Gasteiger partial charge in [-0.25, -0.2) is 4.79 Å². The average molecular weight is 334 g/mol. The highest BCUT2D eigenvalue weighted by atomic mass is 79.9. The zero-order valence-electron chi connectivity index (χ0n) is 11.4. The van der Waals surface area contributed by atoms with Crippen molar-refractivity contribution in [3.05, 3.63) is 0 Å². The third kappa shape index (κ3) is 4.93. The summed E-state index contributed by atoms with van der Waals surface area (Å²) in [7, 11) is 0. The predicted octanol–water partition coefficient (Wildman–Crippen LogP) is 2.46. The summed E-state index contributed by atoms with van der Waals surface area (Å²) in [6.07, 6.45) is 4.24. The maximum Gasteiger partial charge on any atom is 0.364 e. The molecule has 0 aromatic carbocycles. The summed E-state index contributed by atoms with van der Waals surface area (Å²) in [6.45, 7) is 3.97. The van der Waals surface area contributed by atoms with Gasteiger partial charge in [0.25, 0.3) is 0 Å². The molecule has 19 heavy (non-hydrogen) atoms. The SMILES string of the molecule is CCOC(=O)C(=NO[C@@H]1CCCC[C@@H]1C)C(=O)CBr. The van der Waals surface area contributed by atoms with Crippen LogP contribution in [0.2, 0.25) is 0 Å². The molecule has 1 aliphatic rings. The van der Waals surface area contributed by atoms with E-state index < -0.39 is 11.8 Å². The summed E-state index contributed by atoms with van der Waals surface area (Å²) in [5.41, 5.74) is -0.267. The van der Waals surface area contributed by atoms with E-state index in [0.29, 0.717) is 5.92 Å². The normalized spacial score (nSPS) is 23.8. The number of Topliss-reactive ketones (excluding diaryl/α,β-unsaturated/α-hetero) is 1. The van der Waals surface area contributed by atoms with Crippen molar-refractivity contribution in [3.63, 3.8) is 0 Å². The second-order valence-corrected chi connectivity index (χ2v) is 5.18. The summed E-state index contributed by atoms with van der Waals surface area (Å²) in [6, 6.07) is 0. The lowest BCUT2D eigenvalue weighted by atomic mass is 9.88. The van der Waals surface area contributed by atoms with Gasteiger partial charge in [0.05, 0.1) is 11.9 Å². The van der Waals surface area contributed by atoms with E-state index in [1.165, 1.54) is 6.42 Å². The molecule has 1 aliphatic carbocycles. The summed E-state index contributed by atoms with van der Waals surface area (Å²) in [4.78, 5) is 28.6. The minimum Gasteiger partial charge on any atom is -0.461 e. The Hall–Kier alpha value is -0.910. The van der Waals surface area contributed by atoms with Crippen LogP contribution in [0, 0.1) is 5.92 Å². The van der Waals surface area contributed by atoms with Gasteiger partial charge in [-0.05, 0) is 32.1 Å². The van der Waals surface area contributed by atoms with Crippen LogP contribution in [0.3, 0.4) is 0 Å². The first-order valence-electron chi connectivity index (χ1n) is 6.60. The van der Waals surface area contributed by atoms with E-state index in [1.54, 1.807) is 6.92 Å². The molecule has 0 aromatic heterocycles. The van der Waals surface area contributed by atoms with Crippen LogP contribution in [0.5, 0.6) is 0 Å². The van der Waals surface area contributed by atoms with Gasteiger partial charge in [0.1, 0.15) is 6.10 Å². The molecule has 1 fully saturated rings. The van der Waals surface area contributed by atoms with E-state index >= 15 is 0 Å². The van der Waals surface area contributed by atoms with Crippen molar-refractivity contribution in [3.8, 4) is 0 Å². The molecule has 0 saturated heterocycles. The lowest BCUT2D eigenvalue weighted by Crippen LogP contribution is -2.30. The fraction of sp³-hybridized carbons (Fsp3) is 0.769. The van der Waals surface area contributed by atoms with Crippen molar-refractivity contribution in [2.75, 3.05) is 11.9 Å². The van der Waals surface area contributed by atoms with Crippen LogP contribution in [0.4, 0.5) is 0 Å². The van der Waals surface area contributed by atoms with Crippen molar-refractivity contribution in [1.82, 2.24) is 0 Å². The van der Waals surface area contributed by atoms with E-state index in [1.807, 2.05) is 0 Å². The number of carbonyl (C=O) groups excluding carboxylic acids is 2. The van der Waals surface area contributed by atoms with E-state index in [-0.39, 0.29) is 23.8 Å². The smallest absolute Gasteiger partial charge is 0.364 e. The number of halogens is 1. The summed E-state index contributed by atoms with van der Waals surface area (Å²) in [5.74, 6) is -0.766. The number of ketones is 1. The first-order valence-corrected chi connectivity index (χ1v) is 7.72. The molecule has 0 aromatic rings. The molecule has 1 saturated carbocycles. The Morgan fingerprint density at radius 3 is 2.58 bits per heavy atom. The number of esters is 1. The van der Waals surface area contributed by atoms with Crippen LogP contribution in [0.15, 0.2) is 5.16 Å². The molecule has 0 amide bonds. The van der Waals surface area contributed by atoms with E-state index in [9.17, 15) is 9.59 Å². The molecule has 0 heterocycles. The van der Waals surface area contributed by atoms with Crippen molar-refractivity contribution in [1.29, 1.82) is 0 Å². The zero-order chi connectivity index (χ0) is 14.3. The molecule has 1 rings (SSSR count). The highest BCUT2D eigenvalue weighted by Crippen LogP contribution is 2.26. The molecular formula is C13H20BrNO4. The first-order chi connectivity index (χ1) is 9.10. The van der Waals surface area contributed by atoms with Gasteiger partial charge in [-0.3, -0.25) is 4.79 Å². The Balaban J connectivity index is 2.70. The van der Waals surface area contributed by atoms with Gasteiger partial charge < -0.3 is 9.57 Å². The van der Waals surface area contributed by atoms with Crippen molar-refractivity contribution >= 4 is 33.4 Å². The number of nitrogens with zero attached hydrogens (tertiary/aromatic N) is 1. The molecule has 2 atom stereocenters. The third-order valence-corrected chi connectivity index (χ3v) is 3.68. The maximum atomic E-state index is 11.6. The number of ether oxygens (including phenoxy) is 1. The molecule has 0 N–H and O–H groups in total. The van der Waals surface area contributed by atoms with Gasteiger partial charge in [-0.15, -0.1) is 0 Å². The lowest BCUT2D eigenvalue weighted by molar-refractivity contribution is -0.136. The van der Waals surface area contributed by atoms with Crippen LogP contribution in [0.25, 0.3) is 0 Å².